The van der Waals surface area contributed by atoms with Gasteiger partial charge in [0.1, 0.15) is 0 Å². The van der Waals surface area contributed by atoms with Crippen LogP contribution < -0.4 is 5.32 Å². The van der Waals surface area contributed by atoms with Gasteiger partial charge in [-0.3, -0.25) is 4.99 Å². The van der Waals surface area contributed by atoms with Crippen LogP contribution in [0, 0.1) is 5.92 Å². The third-order valence-corrected chi connectivity index (χ3v) is 5.38. The topological polar surface area (TPSA) is 36.9 Å². The second kappa shape index (κ2) is 10.8. The first kappa shape index (κ1) is 20.2. The van der Waals surface area contributed by atoms with Crippen molar-refractivity contribution in [1.29, 1.82) is 0 Å². The normalized spacial score (nSPS) is 16.2. The Hall–Kier alpha value is 0.140. The molecule has 2 rings (SSSR count). The molecule has 1 saturated heterocycles. The zero-order chi connectivity index (χ0) is 15.1. The van der Waals surface area contributed by atoms with Crippen molar-refractivity contribution >= 4 is 57.2 Å². The van der Waals surface area contributed by atoms with Gasteiger partial charge in [0, 0.05) is 38.7 Å². The summed E-state index contributed by atoms with van der Waals surface area (Å²) in [5.41, 5.74) is 0. The molecule has 1 aliphatic heterocycles. The minimum Gasteiger partial charge on any atom is -0.381 e. The first-order valence-electron chi connectivity index (χ1n) is 7.42. The summed E-state index contributed by atoms with van der Waals surface area (Å²) in [5.74, 6) is 1.76. The van der Waals surface area contributed by atoms with Crippen molar-refractivity contribution < 1.29 is 4.74 Å². The van der Waals surface area contributed by atoms with Crippen molar-refractivity contribution in [3.05, 3.63) is 20.8 Å². The number of hydrogen-bond donors (Lipinski definition) is 1. The Labute approximate surface area is 162 Å². The van der Waals surface area contributed by atoms with Crippen LogP contribution in [0.2, 0.25) is 0 Å². The average Bonchev–Trinajstić information content (AvgIpc) is 2.89. The van der Waals surface area contributed by atoms with Crippen molar-refractivity contribution in [2.24, 2.45) is 10.9 Å². The molecule has 1 fully saturated rings. The van der Waals surface area contributed by atoms with Crippen LogP contribution in [0.5, 0.6) is 0 Å². The van der Waals surface area contributed by atoms with Crippen molar-refractivity contribution in [1.82, 2.24) is 10.2 Å². The van der Waals surface area contributed by atoms with E-state index in [0.717, 1.165) is 38.2 Å². The lowest BCUT2D eigenvalue weighted by atomic mass is 9.97. The van der Waals surface area contributed by atoms with Crippen molar-refractivity contribution in [3.8, 4) is 0 Å². The van der Waals surface area contributed by atoms with Gasteiger partial charge in [0.15, 0.2) is 5.96 Å². The van der Waals surface area contributed by atoms with Crippen LogP contribution >= 0.6 is 51.2 Å². The fourth-order valence-corrected chi connectivity index (χ4v) is 4.09. The maximum atomic E-state index is 5.40. The molecule has 0 amide bonds. The number of thiophene rings is 1. The highest BCUT2D eigenvalue weighted by molar-refractivity contribution is 14.0. The van der Waals surface area contributed by atoms with Gasteiger partial charge in [-0.05, 0) is 53.2 Å². The molecule has 1 aromatic heterocycles. The molecule has 0 aliphatic carbocycles. The fourth-order valence-electron chi connectivity index (χ4n) is 2.55. The number of nitrogens with one attached hydrogen (secondary N) is 1. The number of halogens is 2. The van der Waals surface area contributed by atoms with Crippen LogP contribution in [0.25, 0.3) is 0 Å². The van der Waals surface area contributed by atoms with E-state index in [0.29, 0.717) is 0 Å². The number of nitrogens with zero attached hydrogens (tertiary/aromatic N) is 2. The number of hydrogen-bond acceptors (Lipinski definition) is 3. The van der Waals surface area contributed by atoms with E-state index in [1.165, 1.54) is 27.9 Å². The predicted octanol–water partition coefficient (Wildman–Crippen LogP) is 3.95. The minimum atomic E-state index is 0. The summed E-state index contributed by atoms with van der Waals surface area (Å²) in [6.07, 6.45) is 3.58. The van der Waals surface area contributed by atoms with Crippen molar-refractivity contribution in [2.75, 3.05) is 33.9 Å². The second-order valence-corrected chi connectivity index (χ2v) is 7.93. The molecule has 0 bridgehead atoms. The predicted molar refractivity (Wildman–Crippen MR) is 108 cm³/mol. The van der Waals surface area contributed by atoms with Crippen LogP contribution in [0.3, 0.4) is 0 Å². The molecular weight excluding hydrogens is 477 g/mol. The highest BCUT2D eigenvalue weighted by Crippen LogP contribution is 2.23. The number of guanidine groups is 1. The van der Waals surface area contributed by atoms with E-state index in [1.54, 1.807) is 11.3 Å². The summed E-state index contributed by atoms with van der Waals surface area (Å²) in [4.78, 5) is 7.87. The van der Waals surface area contributed by atoms with E-state index in [1.807, 2.05) is 7.05 Å². The van der Waals surface area contributed by atoms with Crippen LogP contribution in [-0.4, -0.2) is 44.7 Å². The smallest absolute Gasteiger partial charge is 0.193 e. The third-order valence-electron chi connectivity index (χ3n) is 3.77. The van der Waals surface area contributed by atoms with Crippen molar-refractivity contribution in [3.63, 3.8) is 0 Å². The lowest BCUT2D eigenvalue weighted by Crippen LogP contribution is -2.39. The van der Waals surface area contributed by atoms with Gasteiger partial charge in [-0.15, -0.1) is 35.3 Å². The monoisotopic (exact) mass is 501 g/mol. The quantitative estimate of drug-likeness (QED) is 0.377. The molecule has 1 aromatic rings. The molecule has 1 N–H and O–H groups in total. The SMILES string of the molecule is CN=C(NCCC1CCOCC1)N(C)Cc1ccc(Br)s1.I. The molecule has 0 saturated carbocycles. The van der Waals surface area contributed by atoms with Gasteiger partial charge in [-0.2, -0.15) is 0 Å². The molecule has 7 heteroatoms. The Morgan fingerprint density at radius 1 is 1.45 bits per heavy atom. The molecule has 0 spiro atoms. The Bertz CT molecular complexity index is 463. The van der Waals surface area contributed by atoms with Gasteiger partial charge in [0.25, 0.3) is 0 Å². The largest absolute Gasteiger partial charge is 0.381 e. The fraction of sp³-hybridized carbons (Fsp3) is 0.667. The summed E-state index contributed by atoms with van der Waals surface area (Å²) >= 11 is 5.27. The van der Waals surface area contributed by atoms with Crippen LogP contribution in [0.4, 0.5) is 0 Å². The molecule has 22 heavy (non-hydrogen) atoms. The van der Waals surface area contributed by atoms with Crippen molar-refractivity contribution in [2.45, 2.75) is 25.8 Å². The van der Waals surface area contributed by atoms with E-state index in [4.69, 9.17) is 4.74 Å². The Morgan fingerprint density at radius 3 is 2.77 bits per heavy atom. The highest BCUT2D eigenvalue weighted by atomic mass is 127. The van der Waals surface area contributed by atoms with Gasteiger partial charge in [-0.1, -0.05) is 0 Å². The lowest BCUT2D eigenvalue weighted by Gasteiger charge is -2.24. The number of aliphatic imine (C=N–C) groups is 1. The maximum absolute atomic E-state index is 5.40. The molecule has 4 nitrogen and oxygen atoms in total. The third kappa shape index (κ3) is 6.72. The Balaban J connectivity index is 0.00000242. The molecule has 0 unspecified atom stereocenters. The molecule has 2 heterocycles. The molecule has 1 aliphatic rings. The number of ether oxygens (including phenoxy) is 1. The van der Waals surface area contributed by atoms with Gasteiger partial charge in [-0.25, -0.2) is 0 Å². The summed E-state index contributed by atoms with van der Waals surface area (Å²) in [7, 11) is 3.93. The van der Waals surface area contributed by atoms with Crippen LogP contribution in [-0.2, 0) is 11.3 Å². The van der Waals surface area contributed by atoms with Gasteiger partial charge >= 0.3 is 0 Å². The zero-order valence-electron chi connectivity index (χ0n) is 13.2. The minimum absolute atomic E-state index is 0. The van der Waals surface area contributed by atoms with E-state index >= 15 is 0 Å². The zero-order valence-corrected chi connectivity index (χ0v) is 17.9. The molecule has 0 radical (unpaired) electrons. The highest BCUT2D eigenvalue weighted by Gasteiger charge is 2.14. The molecular formula is C15H25BrIN3OS. The average molecular weight is 502 g/mol. The van der Waals surface area contributed by atoms with Crippen LogP contribution in [0.15, 0.2) is 20.9 Å². The van der Waals surface area contributed by atoms with Crippen LogP contribution in [0.1, 0.15) is 24.1 Å². The Morgan fingerprint density at radius 2 is 2.18 bits per heavy atom. The number of rotatable bonds is 5. The standard InChI is InChI=1S/C15H24BrN3OS.HI/c1-17-15(18-8-5-12-6-9-20-10-7-12)19(2)11-13-3-4-14(16)21-13;/h3-4,12H,5-11H2,1-2H3,(H,17,18);1H. The summed E-state index contributed by atoms with van der Waals surface area (Å²) in [6.45, 7) is 3.71. The van der Waals surface area contributed by atoms with E-state index in [-0.39, 0.29) is 24.0 Å². The maximum Gasteiger partial charge on any atom is 0.193 e. The first-order valence-corrected chi connectivity index (χ1v) is 9.03. The Kier molecular flexibility index (Phi) is 9.94. The van der Waals surface area contributed by atoms with Gasteiger partial charge in [0.2, 0.25) is 0 Å². The lowest BCUT2D eigenvalue weighted by molar-refractivity contribution is 0.0643. The van der Waals surface area contributed by atoms with E-state index < -0.39 is 0 Å². The molecule has 0 aromatic carbocycles. The molecule has 126 valence electrons. The first-order chi connectivity index (χ1) is 10.2. The second-order valence-electron chi connectivity index (χ2n) is 5.38. The van der Waals surface area contributed by atoms with Gasteiger partial charge in [0.05, 0.1) is 10.3 Å². The van der Waals surface area contributed by atoms with E-state index in [2.05, 4.69) is 50.3 Å². The molecule has 0 atom stereocenters. The summed E-state index contributed by atoms with van der Waals surface area (Å²) in [6, 6.07) is 4.25. The van der Waals surface area contributed by atoms with E-state index in [9.17, 15) is 0 Å². The van der Waals surface area contributed by atoms with Gasteiger partial charge < -0.3 is 15.0 Å². The summed E-state index contributed by atoms with van der Waals surface area (Å²) < 4.78 is 6.57. The summed E-state index contributed by atoms with van der Waals surface area (Å²) in [5, 5.41) is 3.47.